The second kappa shape index (κ2) is 8.31. The second-order valence-corrected chi connectivity index (χ2v) is 7.59. The van der Waals surface area contributed by atoms with E-state index in [0.717, 1.165) is 0 Å². The van der Waals surface area contributed by atoms with Crippen LogP contribution in [0.3, 0.4) is 0 Å². The summed E-state index contributed by atoms with van der Waals surface area (Å²) in [6.45, 7) is 2.16. The topological polar surface area (TPSA) is 72.9 Å². The van der Waals surface area contributed by atoms with Crippen molar-refractivity contribution in [2.24, 2.45) is 0 Å². The molecule has 1 aliphatic carbocycles. The fraction of sp³-hybridized carbons (Fsp3) is 0.227. The number of fused-ring (bicyclic) bond motifs is 1. The van der Waals surface area contributed by atoms with E-state index in [1.54, 1.807) is 53.4 Å². The molecule has 148 valence electrons. The van der Waals surface area contributed by atoms with Crippen LogP contribution in [0.5, 0.6) is 5.75 Å². The minimum Gasteiger partial charge on any atom is -0.483 e. The molecule has 0 spiro atoms. The SMILES string of the molecule is O=C1C(=Cc2ccc(OCC(=O)N3CCOCC3)c(Br)c2)C(=O)c2ccccc21. The summed E-state index contributed by atoms with van der Waals surface area (Å²) in [4.78, 5) is 38.9. The first kappa shape index (κ1) is 19.5. The number of hydrogen-bond donors (Lipinski definition) is 0. The number of carbonyl (C=O) groups excluding carboxylic acids is 3. The Balaban J connectivity index is 1.47. The van der Waals surface area contributed by atoms with Gasteiger partial charge >= 0.3 is 0 Å². The van der Waals surface area contributed by atoms with Crippen LogP contribution >= 0.6 is 15.9 Å². The van der Waals surface area contributed by atoms with Crippen molar-refractivity contribution in [2.75, 3.05) is 32.9 Å². The highest BCUT2D eigenvalue weighted by Gasteiger charge is 2.32. The number of hydrogen-bond acceptors (Lipinski definition) is 5. The Morgan fingerprint density at radius 2 is 1.72 bits per heavy atom. The van der Waals surface area contributed by atoms with E-state index < -0.39 is 0 Å². The standard InChI is InChI=1S/C22H18BrNO5/c23-18-12-14(11-17-21(26)15-3-1-2-4-16(15)22(17)27)5-6-19(18)29-13-20(25)24-7-9-28-10-8-24/h1-6,11-12H,7-10,13H2. The van der Waals surface area contributed by atoms with E-state index in [9.17, 15) is 14.4 Å². The minimum atomic E-state index is -0.266. The number of morpholine rings is 1. The zero-order valence-electron chi connectivity index (χ0n) is 15.5. The monoisotopic (exact) mass is 455 g/mol. The van der Waals surface area contributed by atoms with Gasteiger partial charge < -0.3 is 14.4 Å². The van der Waals surface area contributed by atoms with Crippen molar-refractivity contribution >= 4 is 39.5 Å². The van der Waals surface area contributed by atoms with Crippen LogP contribution in [-0.4, -0.2) is 55.3 Å². The van der Waals surface area contributed by atoms with Crippen LogP contribution in [-0.2, 0) is 9.53 Å². The molecule has 1 fully saturated rings. The number of halogens is 1. The van der Waals surface area contributed by atoms with Crippen molar-refractivity contribution in [1.82, 2.24) is 4.90 Å². The van der Waals surface area contributed by atoms with Gasteiger partial charge in [0.2, 0.25) is 0 Å². The fourth-order valence-electron chi connectivity index (χ4n) is 3.34. The molecule has 1 saturated heterocycles. The summed E-state index contributed by atoms with van der Waals surface area (Å²) in [5.41, 5.74) is 1.70. The van der Waals surface area contributed by atoms with Gasteiger partial charge in [-0.3, -0.25) is 14.4 Å². The van der Waals surface area contributed by atoms with Gasteiger partial charge in [-0.15, -0.1) is 0 Å². The first-order valence-corrected chi connectivity index (χ1v) is 10.0. The molecule has 0 radical (unpaired) electrons. The number of benzene rings is 2. The molecule has 2 aliphatic rings. The summed E-state index contributed by atoms with van der Waals surface area (Å²) >= 11 is 3.43. The maximum Gasteiger partial charge on any atom is 0.260 e. The summed E-state index contributed by atoms with van der Waals surface area (Å²) in [6, 6.07) is 12.0. The smallest absolute Gasteiger partial charge is 0.260 e. The molecule has 2 aromatic carbocycles. The van der Waals surface area contributed by atoms with Gasteiger partial charge in [0.05, 0.1) is 23.3 Å². The molecule has 0 aromatic heterocycles. The number of ether oxygens (including phenoxy) is 2. The number of nitrogens with zero attached hydrogens (tertiary/aromatic N) is 1. The molecule has 1 aliphatic heterocycles. The van der Waals surface area contributed by atoms with Crippen molar-refractivity contribution in [1.29, 1.82) is 0 Å². The molecule has 0 N–H and O–H groups in total. The van der Waals surface area contributed by atoms with Crippen molar-refractivity contribution in [3.05, 3.63) is 69.2 Å². The van der Waals surface area contributed by atoms with Crippen LogP contribution in [0.2, 0.25) is 0 Å². The number of ketones is 2. The summed E-state index contributed by atoms with van der Waals surface area (Å²) in [7, 11) is 0. The lowest BCUT2D eigenvalue weighted by atomic mass is 10.1. The molecule has 0 atom stereocenters. The van der Waals surface area contributed by atoms with Gasteiger partial charge in [-0.25, -0.2) is 0 Å². The quantitative estimate of drug-likeness (QED) is 0.522. The van der Waals surface area contributed by atoms with Crippen LogP contribution < -0.4 is 4.74 Å². The van der Waals surface area contributed by atoms with Gasteiger partial charge in [0.1, 0.15) is 5.75 Å². The van der Waals surface area contributed by atoms with E-state index >= 15 is 0 Å². The summed E-state index contributed by atoms with van der Waals surface area (Å²) in [5, 5.41) is 0. The molecule has 6 nitrogen and oxygen atoms in total. The van der Waals surface area contributed by atoms with Gasteiger partial charge in [-0.05, 0) is 39.7 Å². The average molecular weight is 456 g/mol. The minimum absolute atomic E-state index is 0.0642. The largest absolute Gasteiger partial charge is 0.483 e. The van der Waals surface area contributed by atoms with E-state index in [-0.39, 0.29) is 29.7 Å². The molecule has 1 amide bonds. The van der Waals surface area contributed by atoms with Gasteiger partial charge in [0.25, 0.3) is 5.91 Å². The molecule has 29 heavy (non-hydrogen) atoms. The molecule has 7 heteroatoms. The third kappa shape index (κ3) is 4.02. The van der Waals surface area contributed by atoms with E-state index in [1.807, 2.05) is 0 Å². The van der Waals surface area contributed by atoms with Gasteiger partial charge in [-0.1, -0.05) is 30.3 Å². The predicted octanol–water partition coefficient (Wildman–Crippen LogP) is 3.15. The Morgan fingerprint density at radius 1 is 1.07 bits per heavy atom. The molecule has 0 saturated carbocycles. The third-order valence-corrected chi connectivity index (χ3v) is 5.51. The Labute approximate surface area is 176 Å². The van der Waals surface area contributed by atoms with Crippen LogP contribution in [0.1, 0.15) is 26.3 Å². The molecule has 0 unspecified atom stereocenters. The summed E-state index contributed by atoms with van der Waals surface area (Å²) < 4.78 is 11.5. The predicted molar refractivity (Wildman–Crippen MR) is 110 cm³/mol. The Morgan fingerprint density at radius 3 is 2.34 bits per heavy atom. The van der Waals surface area contributed by atoms with E-state index in [2.05, 4.69) is 15.9 Å². The maximum absolute atomic E-state index is 12.5. The van der Waals surface area contributed by atoms with Crippen molar-refractivity contribution < 1.29 is 23.9 Å². The first-order valence-electron chi connectivity index (χ1n) is 9.22. The highest BCUT2D eigenvalue weighted by atomic mass is 79.9. The normalized spacial score (nSPS) is 16.0. The van der Waals surface area contributed by atoms with E-state index in [4.69, 9.17) is 9.47 Å². The van der Waals surface area contributed by atoms with Crippen molar-refractivity contribution in [2.45, 2.75) is 0 Å². The van der Waals surface area contributed by atoms with Gasteiger partial charge in [-0.2, -0.15) is 0 Å². The zero-order valence-corrected chi connectivity index (χ0v) is 17.1. The zero-order chi connectivity index (χ0) is 20.4. The lowest BCUT2D eigenvalue weighted by Crippen LogP contribution is -2.43. The summed E-state index contributed by atoms with van der Waals surface area (Å²) in [5.74, 6) is -0.108. The number of allylic oxidation sites excluding steroid dienone is 1. The Bertz CT molecular complexity index is 987. The second-order valence-electron chi connectivity index (χ2n) is 6.73. The van der Waals surface area contributed by atoms with Crippen molar-refractivity contribution in [3.8, 4) is 5.75 Å². The molecule has 1 heterocycles. The molecule has 4 rings (SSSR count). The Hall–Kier alpha value is -2.77. The van der Waals surface area contributed by atoms with Crippen LogP contribution in [0, 0.1) is 0 Å². The Kier molecular flexibility index (Phi) is 5.60. The van der Waals surface area contributed by atoms with Crippen molar-refractivity contribution in [3.63, 3.8) is 0 Å². The average Bonchev–Trinajstić information content (AvgIpc) is 2.99. The fourth-order valence-corrected chi connectivity index (χ4v) is 3.85. The molecule has 2 aromatic rings. The van der Waals surface area contributed by atoms with Gasteiger partial charge in [0, 0.05) is 24.2 Å². The van der Waals surface area contributed by atoms with Crippen LogP contribution in [0.4, 0.5) is 0 Å². The maximum atomic E-state index is 12.5. The number of carbonyl (C=O) groups is 3. The number of rotatable bonds is 4. The van der Waals surface area contributed by atoms with Crippen LogP contribution in [0.15, 0.2) is 52.5 Å². The lowest BCUT2D eigenvalue weighted by Gasteiger charge is -2.26. The van der Waals surface area contributed by atoms with Crippen LogP contribution in [0.25, 0.3) is 6.08 Å². The van der Waals surface area contributed by atoms with E-state index in [0.29, 0.717) is 53.2 Å². The highest BCUT2D eigenvalue weighted by molar-refractivity contribution is 9.10. The first-order chi connectivity index (χ1) is 14.0. The molecular weight excluding hydrogens is 438 g/mol. The molecular formula is C22H18BrNO5. The van der Waals surface area contributed by atoms with E-state index in [1.165, 1.54) is 0 Å². The summed E-state index contributed by atoms with van der Waals surface area (Å²) in [6.07, 6.45) is 1.58. The number of Topliss-reactive ketones (excluding diaryl/α,β-unsaturated/α-hetero) is 2. The third-order valence-electron chi connectivity index (χ3n) is 4.89. The van der Waals surface area contributed by atoms with Gasteiger partial charge in [0.15, 0.2) is 18.2 Å². The molecule has 0 bridgehead atoms. The number of amides is 1. The highest BCUT2D eigenvalue weighted by Crippen LogP contribution is 2.30. The lowest BCUT2D eigenvalue weighted by molar-refractivity contribution is -0.137.